The molecule has 0 unspecified atom stereocenters. The van der Waals surface area contributed by atoms with E-state index in [0.717, 1.165) is 76.5 Å². The van der Waals surface area contributed by atoms with Crippen molar-refractivity contribution in [1.82, 2.24) is 19.6 Å². The number of piperidine rings is 1. The number of hydrogen-bond acceptors (Lipinski definition) is 7. The third kappa shape index (κ3) is 6.11. The summed E-state index contributed by atoms with van der Waals surface area (Å²) >= 11 is 6.42. The molecular formula is C26H37ClN6O4S. The number of benzene rings is 1. The maximum absolute atomic E-state index is 13.1. The van der Waals surface area contributed by atoms with E-state index >= 15 is 0 Å². The number of nitrogens with one attached hydrogen (secondary N) is 1. The second-order valence-corrected chi connectivity index (χ2v) is 13.1. The van der Waals surface area contributed by atoms with Crippen LogP contribution in [0.5, 0.6) is 0 Å². The number of aliphatic hydroxyl groups excluding tert-OH is 1. The molecule has 3 aliphatic rings. The molecule has 1 amide bonds. The number of carbonyl (C=O) groups excluding carboxylic acids is 1. The monoisotopic (exact) mass is 564 g/mol. The number of carbonyl (C=O) groups is 1. The van der Waals surface area contributed by atoms with E-state index in [9.17, 15) is 18.3 Å². The number of aliphatic hydroxyl groups is 1. The topological polar surface area (TPSA) is 111 Å². The number of halogens is 1. The molecule has 2 aromatic rings. The summed E-state index contributed by atoms with van der Waals surface area (Å²) in [7, 11) is -3.46. The number of amides is 1. The first kappa shape index (κ1) is 27.2. The number of rotatable bonds is 5. The second-order valence-electron chi connectivity index (χ2n) is 10.9. The van der Waals surface area contributed by atoms with Crippen molar-refractivity contribution >= 4 is 39.2 Å². The molecular weight excluding hydrogens is 528 g/mol. The maximum Gasteiger partial charge on any atom is 0.344 e. The van der Waals surface area contributed by atoms with Crippen molar-refractivity contribution in [2.45, 2.75) is 63.1 Å². The van der Waals surface area contributed by atoms with Gasteiger partial charge in [0.05, 0.1) is 12.4 Å². The minimum absolute atomic E-state index is 0.0408. The van der Waals surface area contributed by atoms with Crippen LogP contribution in [-0.4, -0.2) is 89.8 Å². The van der Waals surface area contributed by atoms with Gasteiger partial charge in [-0.05, 0) is 69.2 Å². The number of anilines is 2. The van der Waals surface area contributed by atoms with E-state index in [2.05, 4.69) is 25.7 Å². The molecule has 3 aliphatic heterocycles. The summed E-state index contributed by atoms with van der Waals surface area (Å²) in [6.45, 7) is 4.61. The molecule has 208 valence electrons. The summed E-state index contributed by atoms with van der Waals surface area (Å²) in [6, 6.07) is 7.35. The number of hydrogen-bond donors (Lipinski definition) is 2. The zero-order valence-electron chi connectivity index (χ0n) is 21.9. The van der Waals surface area contributed by atoms with Crippen molar-refractivity contribution in [3.63, 3.8) is 0 Å². The summed E-state index contributed by atoms with van der Waals surface area (Å²) < 4.78 is 26.4. The Morgan fingerprint density at radius 3 is 2.68 bits per heavy atom. The van der Waals surface area contributed by atoms with E-state index in [1.54, 1.807) is 4.90 Å². The zero-order chi connectivity index (χ0) is 26.9. The van der Waals surface area contributed by atoms with E-state index in [-0.39, 0.29) is 23.5 Å². The summed E-state index contributed by atoms with van der Waals surface area (Å²) in [5, 5.41) is 15.2. The molecule has 3 fully saturated rings. The van der Waals surface area contributed by atoms with Gasteiger partial charge >= 0.3 is 6.03 Å². The third-order valence-electron chi connectivity index (χ3n) is 8.18. The van der Waals surface area contributed by atoms with Crippen LogP contribution in [0.2, 0.25) is 5.02 Å². The van der Waals surface area contributed by atoms with Crippen LogP contribution in [0.25, 0.3) is 0 Å². The quantitative estimate of drug-likeness (QED) is 0.573. The van der Waals surface area contributed by atoms with Gasteiger partial charge in [-0.25, -0.2) is 13.2 Å². The minimum Gasteiger partial charge on any atom is -0.391 e. The highest BCUT2D eigenvalue weighted by Crippen LogP contribution is 2.41. The van der Waals surface area contributed by atoms with Gasteiger partial charge < -0.3 is 14.9 Å². The van der Waals surface area contributed by atoms with E-state index in [4.69, 9.17) is 11.6 Å². The Morgan fingerprint density at radius 2 is 1.92 bits per heavy atom. The van der Waals surface area contributed by atoms with Crippen LogP contribution in [0.4, 0.5) is 16.3 Å². The highest BCUT2D eigenvalue weighted by molar-refractivity contribution is 7.92. The summed E-state index contributed by atoms with van der Waals surface area (Å²) in [5.41, 5.74) is 2.38. The van der Waals surface area contributed by atoms with Crippen molar-refractivity contribution in [1.29, 1.82) is 0 Å². The first-order valence-corrected chi connectivity index (χ1v) is 15.7. The molecule has 1 spiro atoms. The van der Waals surface area contributed by atoms with Crippen LogP contribution < -0.4 is 9.62 Å². The molecule has 1 aromatic heterocycles. The molecule has 38 heavy (non-hydrogen) atoms. The lowest BCUT2D eigenvalue weighted by Crippen LogP contribution is -2.53. The maximum atomic E-state index is 13.1. The molecule has 0 saturated carbocycles. The molecule has 4 heterocycles. The first-order chi connectivity index (χ1) is 18.1. The molecule has 10 nitrogen and oxygen atoms in total. The average Bonchev–Trinajstić information content (AvgIpc) is 3.41. The van der Waals surface area contributed by atoms with E-state index in [1.807, 2.05) is 12.1 Å². The summed E-state index contributed by atoms with van der Waals surface area (Å²) in [5.74, 6) is 0.131. The lowest BCUT2D eigenvalue weighted by molar-refractivity contribution is 0.0585. The van der Waals surface area contributed by atoms with E-state index in [1.165, 1.54) is 22.5 Å². The molecule has 2 N–H and O–H groups in total. The van der Waals surface area contributed by atoms with E-state index < -0.39 is 10.0 Å². The molecule has 0 radical (unpaired) electrons. The fourth-order valence-corrected chi connectivity index (χ4v) is 6.91. The van der Waals surface area contributed by atoms with Crippen LogP contribution in [-0.2, 0) is 16.6 Å². The minimum atomic E-state index is -3.46. The van der Waals surface area contributed by atoms with Gasteiger partial charge in [0, 0.05) is 61.2 Å². The fraction of sp³-hybridized carbons (Fsp3) is 0.615. The molecule has 3 saturated heterocycles. The smallest absolute Gasteiger partial charge is 0.344 e. The van der Waals surface area contributed by atoms with Crippen LogP contribution in [0, 0.1) is 0 Å². The molecule has 1 aromatic carbocycles. The number of nitrogens with zero attached hydrogens (tertiary/aromatic N) is 5. The number of β-amino-alcohol motifs (C(OH)–C–C–N with tert-alkyl or cyclic N) is 1. The van der Waals surface area contributed by atoms with Crippen molar-refractivity contribution in [2.24, 2.45) is 0 Å². The predicted molar refractivity (Wildman–Crippen MR) is 148 cm³/mol. The van der Waals surface area contributed by atoms with Crippen molar-refractivity contribution < 1.29 is 18.3 Å². The van der Waals surface area contributed by atoms with Crippen molar-refractivity contribution in [3.05, 3.63) is 41.0 Å². The Bertz CT molecular complexity index is 1260. The van der Waals surface area contributed by atoms with Gasteiger partial charge in [0.15, 0.2) is 5.82 Å². The van der Waals surface area contributed by atoms with Crippen molar-refractivity contribution in [2.75, 3.05) is 48.6 Å². The number of likely N-dealkylation sites (tertiary alicyclic amines) is 2. The third-order valence-corrected chi connectivity index (χ3v) is 8.99. The Morgan fingerprint density at radius 1 is 1.13 bits per heavy atom. The predicted octanol–water partition coefficient (Wildman–Crippen LogP) is 3.36. The Hall–Kier alpha value is -2.34. The Balaban J connectivity index is 1.27. The fourth-order valence-electron chi connectivity index (χ4n) is 6.25. The number of aromatic nitrogens is 2. The lowest BCUT2D eigenvalue weighted by Gasteiger charge is -2.45. The van der Waals surface area contributed by atoms with Gasteiger partial charge in [0.1, 0.15) is 0 Å². The molecule has 1 atom stereocenters. The number of sulfonamides is 1. The van der Waals surface area contributed by atoms with Gasteiger partial charge in [-0.15, -0.1) is 5.10 Å². The summed E-state index contributed by atoms with van der Waals surface area (Å²) in [6.07, 6.45) is 9.12. The van der Waals surface area contributed by atoms with Crippen LogP contribution >= 0.6 is 11.6 Å². The largest absolute Gasteiger partial charge is 0.391 e. The van der Waals surface area contributed by atoms with Crippen LogP contribution in [0.15, 0.2) is 30.5 Å². The van der Waals surface area contributed by atoms with Gasteiger partial charge in [0.2, 0.25) is 10.0 Å². The van der Waals surface area contributed by atoms with Crippen LogP contribution in [0.3, 0.4) is 0 Å². The van der Waals surface area contributed by atoms with Crippen molar-refractivity contribution in [3.8, 4) is 0 Å². The average molecular weight is 565 g/mol. The van der Waals surface area contributed by atoms with Gasteiger partial charge in [-0.2, -0.15) is 4.68 Å². The Labute approximate surface area is 229 Å². The highest BCUT2D eigenvalue weighted by Gasteiger charge is 2.44. The Kier molecular flexibility index (Phi) is 7.91. The SMILES string of the molecule is CS(=O)(=O)Nc1ccn(C(=O)N2CCC3(CCCN3Cc3ccc(Cl)cc3N3CCCC[C@H](O)C3)CC2)n1. The second kappa shape index (κ2) is 11.0. The normalized spacial score (nSPS) is 22.6. The van der Waals surface area contributed by atoms with Crippen LogP contribution in [0.1, 0.15) is 50.5 Å². The molecule has 0 bridgehead atoms. The first-order valence-electron chi connectivity index (χ1n) is 13.4. The van der Waals surface area contributed by atoms with Gasteiger partial charge in [0.25, 0.3) is 0 Å². The molecule has 0 aliphatic carbocycles. The zero-order valence-corrected chi connectivity index (χ0v) is 23.4. The molecule has 5 rings (SSSR count). The van der Waals surface area contributed by atoms with E-state index in [0.29, 0.717) is 24.7 Å². The standard InChI is InChI=1S/C26H37ClN6O4S/c1-38(36,37)29-24-8-14-33(28-24)25(35)30-15-10-26(11-16-30)9-4-13-32(26)18-20-6-7-21(27)17-23(20)31-12-3-2-5-22(34)19-31/h6-8,14,17,22,34H,2-5,9-13,15-16,18-19H2,1H3,(H,28,29)/t22-/m0/s1. The van der Waals surface area contributed by atoms with Gasteiger partial charge in [-0.1, -0.05) is 17.7 Å². The summed E-state index contributed by atoms with van der Waals surface area (Å²) in [4.78, 5) is 19.7. The molecule has 12 heteroatoms. The highest BCUT2D eigenvalue weighted by atomic mass is 35.5. The van der Waals surface area contributed by atoms with Gasteiger partial charge in [-0.3, -0.25) is 9.62 Å². The lowest BCUT2D eigenvalue weighted by atomic mass is 9.84.